The Labute approximate surface area is 241 Å². The number of nitrogens with one attached hydrogen (secondary N) is 1. The summed E-state index contributed by atoms with van der Waals surface area (Å²) in [5, 5.41) is 3.23. The van der Waals surface area contributed by atoms with Gasteiger partial charge in [0, 0.05) is 24.0 Å². The maximum atomic E-state index is 13.9. The van der Waals surface area contributed by atoms with Crippen molar-refractivity contribution < 1.29 is 18.0 Å². The molecule has 0 radical (unpaired) electrons. The van der Waals surface area contributed by atoms with Crippen LogP contribution in [-0.4, -0.2) is 50.5 Å². The third-order valence-electron chi connectivity index (χ3n) is 5.73. The average molecular weight is 641 g/mol. The molecule has 0 aliphatic carbocycles. The lowest BCUT2D eigenvalue weighted by atomic mass is 10.0. The van der Waals surface area contributed by atoms with Gasteiger partial charge in [0.05, 0.1) is 22.0 Å². The van der Waals surface area contributed by atoms with Crippen LogP contribution in [0.5, 0.6) is 0 Å². The fourth-order valence-electron chi connectivity index (χ4n) is 3.93. The van der Waals surface area contributed by atoms with Crippen LogP contribution in [0.2, 0.25) is 10.0 Å². The molecule has 3 aromatic rings. The first-order valence-electron chi connectivity index (χ1n) is 11.8. The van der Waals surface area contributed by atoms with Crippen molar-refractivity contribution in [1.29, 1.82) is 0 Å². The van der Waals surface area contributed by atoms with E-state index < -0.39 is 28.5 Å². The molecule has 0 fully saturated rings. The highest BCUT2D eigenvalue weighted by atomic mass is 79.9. The van der Waals surface area contributed by atoms with Crippen LogP contribution in [0.15, 0.2) is 77.3 Å². The van der Waals surface area contributed by atoms with Gasteiger partial charge in [-0.2, -0.15) is 0 Å². The van der Waals surface area contributed by atoms with Crippen molar-refractivity contribution >= 4 is 66.7 Å². The van der Waals surface area contributed by atoms with Gasteiger partial charge in [-0.15, -0.1) is 0 Å². The molecule has 38 heavy (non-hydrogen) atoms. The molecule has 3 aromatic carbocycles. The SMILES string of the molecule is CCNC(=O)[C@@H](Cc1ccccc1)N(Cc1cccc(Br)c1)C(=O)CN(c1ccc(Cl)c(Cl)c1)S(C)(=O)=O. The van der Waals surface area contributed by atoms with E-state index in [9.17, 15) is 18.0 Å². The molecule has 0 aliphatic rings. The molecule has 0 unspecified atom stereocenters. The third-order valence-corrected chi connectivity index (χ3v) is 8.11. The second-order valence-corrected chi connectivity index (χ2v) is 12.3. The first-order chi connectivity index (χ1) is 18.0. The number of carbonyl (C=O) groups is 2. The maximum Gasteiger partial charge on any atom is 0.244 e. The number of rotatable bonds is 11. The molecule has 0 saturated heterocycles. The van der Waals surface area contributed by atoms with Crippen LogP contribution < -0.4 is 9.62 Å². The van der Waals surface area contributed by atoms with Gasteiger partial charge in [-0.3, -0.25) is 13.9 Å². The van der Waals surface area contributed by atoms with Gasteiger partial charge < -0.3 is 10.2 Å². The molecule has 7 nitrogen and oxygen atoms in total. The van der Waals surface area contributed by atoms with Crippen LogP contribution in [0, 0.1) is 0 Å². The Morgan fingerprint density at radius 2 is 1.63 bits per heavy atom. The highest BCUT2D eigenvalue weighted by Crippen LogP contribution is 2.29. The Bertz CT molecular complexity index is 1390. The smallest absolute Gasteiger partial charge is 0.244 e. The molecule has 0 spiro atoms. The summed E-state index contributed by atoms with van der Waals surface area (Å²) in [5.74, 6) is -0.881. The minimum absolute atomic E-state index is 0.0892. The predicted molar refractivity (Wildman–Crippen MR) is 156 cm³/mol. The zero-order valence-corrected chi connectivity index (χ0v) is 24.8. The number of benzene rings is 3. The van der Waals surface area contributed by atoms with E-state index in [-0.39, 0.29) is 34.6 Å². The van der Waals surface area contributed by atoms with E-state index in [1.165, 1.54) is 23.1 Å². The monoisotopic (exact) mass is 639 g/mol. The molecular formula is C27H28BrCl2N3O4S. The lowest BCUT2D eigenvalue weighted by molar-refractivity contribution is -0.140. The van der Waals surface area contributed by atoms with Crippen molar-refractivity contribution in [3.05, 3.63) is 98.4 Å². The molecule has 0 aromatic heterocycles. The molecular weight excluding hydrogens is 613 g/mol. The molecule has 0 aliphatic heterocycles. The van der Waals surface area contributed by atoms with Crippen LogP contribution in [-0.2, 0) is 32.6 Å². The maximum absolute atomic E-state index is 13.9. The van der Waals surface area contributed by atoms with Crippen LogP contribution in [0.3, 0.4) is 0 Å². The summed E-state index contributed by atoms with van der Waals surface area (Å²) in [6, 6.07) is 20.2. The topological polar surface area (TPSA) is 86.8 Å². The van der Waals surface area contributed by atoms with Gasteiger partial charge in [-0.25, -0.2) is 8.42 Å². The van der Waals surface area contributed by atoms with Gasteiger partial charge in [-0.05, 0) is 48.4 Å². The summed E-state index contributed by atoms with van der Waals surface area (Å²) in [7, 11) is -3.89. The second kappa shape index (κ2) is 13.5. The lowest BCUT2D eigenvalue weighted by Gasteiger charge is -2.33. The zero-order chi connectivity index (χ0) is 27.9. The van der Waals surface area contributed by atoms with Crippen molar-refractivity contribution in [1.82, 2.24) is 10.2 Å². The standard InChI is InChI=1S/C27H28BrCl2N3O4S/c1-3-31-27(35)25(15-19-8-5-4-6-9-19)32(17-20-10-7-11-21(28)14-20)26(34)18-33(38(2,36)37)22-12-13-23(29)24(30)16-22/h4-14,16,25H,3,15,17-18H2,1-2H3,(H,31,35)/t25-/m1/s1. The Hall–Kier alpha value is -2.59. The quantitative estimate of drug-likeness (QED) is 0.308. The van der Waals surface area contributed by atoms with Crippen molar-refractivity contribution in [3.8, 4) is 0 Å². The van der Waals surface area contributed by atoms with Crippen molar-refractivity contribution in [2.75, 3.05) is 23.7 Å². The number of amides is 2. The first kappa shape index (κ1) is 30.0. The van der Waals surface area contributed by atoms with E-state index in [1.54, 1.807) is 6.92 Å². The molecule has 1 atom stereocenters. The largest absolute Gasteiger partial charge is 0.355 e. The van der Waals surface area contributed by atoms with Crippen molar-refractivity contribution in [3.63, 3.8) is 0 Å². The summed E-state index contributed by atoms with van der Waals surface area (Å²) in [6.45, 7) is 1.73. The summed E-state index contributed by atoms with van der Waals surface area (Å²) < 4.78 is 27.3. The highest BCUT2D eigenvalue weighted by molar-refractivity contribution is 9.10. The fourth-order valence-corrected chi connectivity index (χ4v) is 5.51. The molecule has 1 N–H and O–H groups in total. The minimum Gasteiger partial charge on any atom is -0.355 e. The number of halogens is 3. The van der Waals surface area contributed by atoms with Crippen molar-refractivity contribution in [2.45, 2.75) is 25.9 Å². The van der Waals surface area contributed by atoms with Gasteiger partial charge in [-0.1, -0.05) is 81.6 Å². The Kier molecular flexibility index (Phi) is 10.6. The van der Waals surface area contributed by atoms with Gasteiger partial charge in [0.25, 0.3) is 0 Å². The molecule has 3 rings (SSSR count). The number of carbonyl (C=O) groups excluding carboxylic acids is 2. The van der Waals surface area contributed by atoms with Gasteiger partial charge in [0.1, 0.15) is 12.6 Å². The minimum atomic E-state index is -3.89. The zero-order valence-electron chi connectivity index (χ0n) is 20.9. The number of anilines is 1. The molecule has 202 valence electrons. The summed E-state index contributed by atoms with van der Waals surface area (Å²) >= 11 is 15.6. The number of nitrogens with zero attached hydrogens (tertiary/aromatic N) is 2. The van der Waals surface area contributed by atoms with Crippen LogP contribution >= 0.6 is 39.1 Å². The summed E-state index contributed by atoms with van der Waals surface area (Å²) in [6.07, 6.45) is 1.25. The Morgan fingerprint density at radius 1 is 0.947 bits per heavy atom. The highest BCUT2D eigenvalue weighted by Gasteiger charge is 2.33. The van der Waals surface area contributed by atoms with E-state index in [1.807, 2.05) is 54.6 Å². The molecule has 0 heterocycles. The first-order valence-corrected chi connectivity index (χ1v) is 15.2. The molecule has 0 bridgehead atoms. The van der Waals surface area contributed by atoms with Crippen LogP contribution in [0.1, 0.15) is 18.1 Å². The molecule has 11 heteroatoms. The van der Waals surface area contributed by atoms with E-state index in [2.05, 4.69) is 21.2 Å². The van der Waals surface area contributed by atoms with E-state index >= 15 is 0 Å². The van der Waals surface area contributed by atoms with Crippen LogP contribution in [0.4, 0.5) is 5.69 Å². The van der Waals surface area contributed by atoms with E-state index in [0.29, 0.717) is 6.54 Å². The normalized spacial score (nSPS) is 12.0. The number of sulfonamides is 1. The average Bonchev–Trinajstić information content (AvgIpc) is 2.86. The summed E-state index contributed by atoms with van der Waals surface area (Å²) in [4.78, 5) is 28.7. The lowest BCUT2D eigenvalue weighted by Crippen LogP contribution is -2.53. The summed E-state index contributed by atoms with van der Waals surface area (Å²) in [5.41, 5.74) is 1.83. The molecule has 0 saturated carbocycles. The predicted octanol–water partition coefficient (Wildman–Crippen LogP) is 5.30. The Morgan fingerprint density at radius 3 is 2.24 bits per heavy atom. The third kappa shape index (κ3) is 8.20. The van der Waals surface area contributed by atoms with Gasteiger partial charge in [0.15, 0.2) is 0 Å². The molecule has 2 amide bonds. The van der Waals surface area contributed by atoms with E-state index in [4.69, 9.17) is 23.2 Å². The van der Waals surface area contributed by atoms with Crippen LogP contribution in [0.25, 0.3) is 0 Å². The number of hydrogen-bond donors (Lipinski definition) is 1. The fraction of sp³-hybridized carbons (Fsp3) is 0.259. The van der Waals surface area contributed by atoms with Crippen molar-refractivity contribution in [2.24, 2.45) is 0 Å². The second-order valence-electron chi connectivity index (χ2n) is 8.62. The van der Waals surface area contributed by atoms with Gasteiger partial charge >= 0.3 is 0 Å². The number of hydrogen-bond acceptors (Lipinski definition) is 4. The van der Waals surface area contributed by atoms with E-state index in [0.717, 1.165) is 26.2 Å². The van der Waals surface area contributed by atoms with Gasteiger partial charge in [0.2, 0.25) is 21.8 Å². The number of likely N-dealkylation sites (N-methyl/N-ethyl adjacent to an activating group) is 1. The Balaban J connectivity index is 2.05.